The number of rotatable bonds is 6. The summed E-state index contributed by atoms with van der Waals surface area (Å²) < 4.78 is 0. The van der Waals surface area contributed by atoms with Gasteiger partial charge < -0.3 is 0 Å². The van der Waals surface area contributed by atoms with Gasteiger partial charge in [-0.05, 0) is 43.8 Å². The van der Waals surface area contributed by atoms with E-state index in [4.69, 9.17) is 0 Å². The molecule has 1 aliphatic heterocycles. The van der Waals surface area contributed by atoms with Gasteiger partial charge in [0.15, 0.2) is 5.78 Å². The lowest BCUT2D eigenvalue weighted by Gasteiger charge is -2.32. The topological polar surface area (TPSA) is 20.3 Å². The van der Waals surface area contributed by atoms with Crippen LogP contribution in [0.1, 0.15) is 41.6 Å². The van der Waals surface area contributed by atoms with Gasteiger partial charge in [0.2, 0.25) is 0 Å². The van der Waals surface area contributed by atoms with Crippen LogP contribution in [-0.2, 0) is 6.54 Å². The van der Waals surface area contributed by atoms with Crippen LogP contribution in [0.2, 0.25) is 0 Å². The highest BCUT2D eigenvalue weighted by Crippen LogP contribution is 2.24. The summed E-state index contributed by atoms with van der Waals surface area (Å²) in [5.41, 5.74) is 2.25. The molecule has 128 valence electrons. The molecule has 0 spiro atoms. The van der Waals surface area contributed by atoms with Crippen LogP contribution < -0.4 is 0 Å². The van der Waals surface area contributed by atoms with Gasteiger partial charge in [-0.25, -0.2) is 0 Å². The zero-order valence-electron chi connectivity index (χ0n) is 14.1. The van der Waals surface area contributed by atoms with Gasteiger partial charge in [0.1, 0.15) is 0 Å². The molecule has 2 aromatic carbocycles. The largest absolute Gasteiger partial charge is 0.299 e. The smallest absolute Gasteiger partial charge is 0.162 e. The molecule has 0 aromatic heterocycles. The number of nitrogens with zero attached hydrogens (tertiary/aromatic N) is 1. The van der Waals surface area contributed by atoms with E-state index in [-0.39, 0.29) is 18.2 Å². The molecule has 2 nitrogen and oxygen atoms in total. The Bertz CT molecular complexity index is 606. The maximum absolute atomic E-state index is 12.2. The number of carbonyl (C=O) groups excluding carboxylic acids is 1. The molecular formula is C21H26ClNO. The number of hydrogen-bond donors (Lipinski definition) is 0. The van der Waals surface area contributed by atoms with E-state index in [0.29, 0.717) is 12.3 Å². The molecule has 0 atom stereocenters. The van der Waals surface area contributed by atoms with Crippen LogP contribution in [0.15, 0.2) is 60.7 Å². The lowest BCUT2D eigenvalue weighted by atomic mass is 9.90. The first-order chi connectivity index (χ1) is 11.3. The molecule has 24 heavy (non-hydrogen) atoms. The van der Waals surface area contributed by atoms with Crippen LogP contribution in [0, 0.1) is 5.92 Å². The molecule has 0 bridgehead atoms. The Labute approximate surface area is 151 Å². The van der Waals surface area contributed by atoms with Gasteiger partial charge in [-0.15, -0.1) is 12.4 Å². The summed E-state index contributed by atoms with van der Waals surface area (Å²) in [7, 11) is 0. The molecule has 1 saturated heterocycles. The fourth-order valence-electron chi connectivity index (χ4n) is 3.38. The minimum Gasteiger partial charge on any atom is -0.299 e. The summed E-state index contributed by atoms with van der Waals surface area (Å²) in [4.78, 5) is 14.7. The van der Waals surface area contributed by atoms with E-state index in [1.807, 2.05) is 30.3 Å². The minimum absolute atomic E-state index is 0. The Kier molecular flexibility index (Phi) is 7.48. The maximum atomic E-state index is 12.2. The number of carbonyl (C=O) groups is 1. The lowest BCUT2D eigenvalue weighted by molar-refractivity contribution is 0.0961. The Morgan fingerprint density at radius 1 is 0.917 bits per heavy atom. The van der Waals surface area contributed by atoms with Gasteiger partial charge in [0.05, 0.1) is 0 Å². The predicted octanol–water partition coefficient (Wildman–Crippen LogP) is 4.98. The van der Waals surface area contributed by atoms with Crippen molar-refractivity contribution >= 4 is 18.2 Å². The molecule has 0 unspecified atom stereocenters. The van der Waals surface area contributed by atoms with E-state index in [9.17, 15) is 4.79 Å². The SMILES string of the molecule is Cl.O=C(CCC1CCN(Cc2ccccc2)CC1)c1ccccc1. The number of ketones is 1. The molecule has 0 amide bonds. The number of Topliss-reactive ketones (excluding diaryl/α,β-unsaturated/α-hetero) is 1. The lowest BCUT2D eigenvalue weighted by Crippen LogP contribution is -2.33. The number of piperidine rings is 1. The second-order valence-electron chi connectivity index (χ2n) is 6.53. The van der Waals surface area contributed by atoms with Gasteiger partial charge in [0.25, 0.3) is 0 Å². The van der Waals surface area contributed by atoms with Crippen molar-refractivity contribution in [2.24, 2.45) is 5.92 Å². The Morgan fingerprint density at radius 2 is 1.50 bits per heavy atom. The quantitative estimate of drug-likeness (QED) is 0.689. The van der Waals surface area contributed by atoms with Gasteiger partial charge >= 0.3 is 0 Å². The highest BCUT2D eigenvalue weighted by atomic mass is 35.5. The summed E-state index contributed by atoms with van der Waals surface area (Å²) in [6, 6.07) is 20.4. The van der Waals surface area contributed by atoms with E-state index >= 15 is 0 Å². The summed E-state index contributed by atoms with van der Waals surface area (Å²) in [6.07, 6.45) is 4.16. The zero-order chi connectivity index (χ0) is 15.9. The van der Waals surface area contributed by atoms with E-state index in [1.165, 1.54) is 18.4 Å². The fourth-order valence-corrected chi connectivity index (χ4v) is 3.38. The maximum Gasteiger partial charge on any atom is 0.162 e. The number of halogens is 1. The van der Waals surface area contributed by atoms with Gasteiger partial charge in [0, 0.05) is 18.5 Å². The predicted molar refractivity (Wildman–Crippen MR) is 102 cm³/mol. The van der Waals surface area contributed by atoms with E-state index in [1.54, 1.807) is 0 Å². The Balaban J connectivity index is 0.00000208. The highest BCUT2D eigenvalue weighted by Gasteiger charge is 2.20. The molecule has 3 heteroatoms. The van der Waals surface area contributed by atoms with E-state index < -0.39 is 0 Å². The van der Waals surface area contributed by atoms with Crippen molar-refractivity contribution in [3.8, 4) is 0 Å². The van der Waals surface area contributed by atoms with Crippen molar-refractivity contribution in [2.45, 2.75) is 32.2 Å². The summed E-state index contributed by atoms with van der Waals surface area (Å²) in [6.45, 7) is 3.36. The van der Waals surface area contributed by atoms with Crippen LogP contribution in [-0.4, -0.2) is 23.8 Å². The second-order valence-corrected chi connectivity index (χ2v) is 6.53. The number of benzene rings is 2. The molecule has 0 N–H and O–H groups in total. The van der Waals surface area contributed by atoms with Gasteiger partial charge in [-0.3, -0.25) is 9.69 Å². The van der Waals surface area contributed by atoms with Gasteiger partial charge in [-0.1, -0.05) is 60.7 Å². The third kappa shape index (κ3) is 5.47. The van der Waals surface area contributed by atoms with Crippen molar-refractivity contribution in [3.63, 3.8) is 0 Å². The molecule has 1 aliphatic rings. The molecule has 2 aromatic rings. The molecular weight excluding hydrogens is 318 g/mol. The summed E-state index contributed by atoms with van der Waals surface area (Å²) in [5, 5.41) is 0. The molecule has 0 saturated carbocycles. The monoisotopic (exact) mass is 343 g/mol. The Hall–Kier alpha value is -1.64. The Morgan fingerprint density at radius 3 is 2.12 bits per heavy atom. The highest BCUT2D eigenvalue weighted by molar-refractivity contribution is 5.95. The normalized spacial score (nSPS) is 15.7. The van der Waals surface area contributed by atoms with Crippen LogP contribution in [0.3, 0.4) is 0 Å². The molecule has 0 radical (unpaired) electrons. The van der Waals surface area contributed by atoms with Crippen LogP contribution >= 0.6 is 12.4 Å². The van der Waals surface area contributed by atoms with Crippen molar-refractivity contribution < 1.29 is 4.79 Å². The standard InChI is InChI=1S/C21H25NO.ClH/c23-21(20-9-5-2-6-10-20)12-11-18-13-15-22(16-14-18)17-19-7-3-1-4-8-19;/h1-10,18H,11-17H2;1H. The second kappa shape index (κ2) is 9.61. The van der Waals surface area contributed by atoms with Crippen molar-refractivity contribution in [3.05, 3.63) is 71.8 Å². The average molecular weight is 344 g/mol. The zero-order valence-corrected chi connectivity index (χ0v) is 14.9. The molecule has 1 heterocycles. The van der Waals surface area contributed by atoms with Gasteiger partial charge in [-0.2, -0.15) is 0 Å². The summed E-state index contributed by atoms with van der Waals surface area (Å²) >= 11 is 0. The first-order valence-electron chi connectivity index (χ1n) is 8.66. The van der Waals surface area contributed by atoms with Crippen molar-refractivity contribution in [2.75, 3.05) is 13.1 Å². The van der Waals surface area contributed by atoms with Crippen molar-refractivity contribution in [1.82, 2.24) is 4.90 Å². The fraction of sp³-hybridized carbons (Fsp3) is 0.381. The third-order valence-corrected chi connectivity index (χ3v) is 4.83. The average Bonchev–Trinajstić information content (AvgIpc) is 2.62. The summed E-state index contributed by atoms with van der Waals surface area (Å²) in [5.74, 6) is 0.993. The van der Waals surface area contributed by atoms with Crippen LogP contribution in [0.25, 0.3) is 0 Å². The first-order valence-corrected chi connectivity index (χ1v) is 8.66. The molecule has 3 rings (SSSR count). The van der Waals surface area contributed by atoms with Crippen LogP contribution in [0.4, 0.5) is 0 Å². The first kappa shape index (κ1) is 18.7. The molecule has 1 fully saturated rings. The molecule has 0 aliphatic carbocycles. The number of likely N-dealkylation sites (tertiary alicyclic amines) is 1. The minimum atomic E-state index is 0. The third-order valence-electron chi connectivity index (χ3n) is 4.83. The number of hydrogen-bond acceptors (Lipinski definition) is 2. The van der Waals surface area contributed by atoms with E-state index in [0.717, 1.165) is 31.6 Å². The van der Waals surface area contributed by atoms with E-state index in [2.05, 4.69) is 35.2 Å². The van der Waals surface area contributed by atoms with Crippen molar-refractivity contribution in [1.29, 1.82) is 0 Å². The van der Waals surface area contributed by atoms with Crippen LogP contribution in [0.5, 0.6) is 0 Å².